The topological polar surface area (TPSA) is 73.5 Å². The fraction of sp³-hybridized carbons (Fsp3) is 0.857. The van der Waals surface area contributed by atoms with Gasteiger partial charge in [-0.05, 0) is 32.2 Å². The van der Waals surface area contributed by atoms with Crippen molar-refractivity contribution in [3.8, 4) is 0 Å². The van der Waals surface area contributed by atoms with E-state index in [1.54, 1.807) is 7.05 Å². The Labute approximate surface area is 145 Å². The molecule has 0 radical (unpaired) electrons. The van der Waals surface area contributed by atoms with Gasteiger partial charge in [-0.2, -0.15) is 0 Å². The van der Waals surface area contributed by atoms with Gasteiger partial charge in [0.1, 0.15) is 0 Å². The SMILES string of the molecule is CNC(=O)CN1CCC(NC(=O)[C@@H]2CCCCN2)CC1.Cl.Cl. The maximum absolute atomic E-state index is 12.1. The quantitative estimate of drug-likeness (QED) is 0.678. The van der Waals surface area contributed by atoms with E-state index in [1.165, 1.54) is 6.42 Å². The van der Waals surface area contributed by atoms with E-state index in [4.69, 9.17) is 0 Å². The van der Waals surface area contributed by atoms with Crippen molar-refractivity contribution in [3.63, 3.8) is 0 Å². The molecule has 0 spiro atoms. The van der Waals surface area contributed by atoms with Gasteiger partial charge in [-0.25, -0.2) is 0 Å². The van der Waals surface area contributed by atoms with Crippen LogP contribution in [-0.4, -0.2) is 62.0 Å². The second-order valence-electron chi connectivity index (χ2n) is 5.73. The molecule has 2 aliphatic rings. The van der Waals surface area contributed by atoms with Crippen molar-refractivity contribution in [1.82, 2.24) is 20.9 Å². The van der Waals surface area contributed by atoms with Gasteiger partial charge >= 0.3 is 0 Å². The molecule has 0 aromatic rings. The number of hydrogen-bond acceptors (Lipinski definition) is 4. The highest BCUT2D eigenvalue weighted by atomic mass is 35.5. The van der Waals surface area contributed by atoms with E-state index in [0.717, 1.165) is 45.3 Å². The van der Waals surface area contributed by atoms with Gasteiger partial charge in [-0.15, -0.1) is 24.8 Å². The van der Waals surface area contributed by atoms with Gasteiger partial charge in [-0.1, -0.05) is 6.42 Å². The highest BCUT2D eigenvalue weighted by Gasteiger charge is 2.25. The molecule has 2 rings (SSSR count). The lowest BCUT2D eigenvalue weighted by atomic mass is 10.0. The molecule has 0 saturated carbocycles. The van der Waals surface area contributed by atoms with Crippen molar-refractivity contribution in [2.45, 2.75) is 44.2 Å². The summed E-state index contributed by atoms with van der Waals surface area (Å²) in [5, 5.41) is 9.06. The maximum atomic E-state index is 12.1. The number of nitrogens with one attached hydrogen (secondary N) is 3. The molecule has 6 nitrogen and oxygen atoms in total. The van der Waals surface area contributed by atoms with Gasteiger partial charge < -0.3 is 16.0 Å². The third-order valence-corrected chi connectivity index (χ3v) is 4.21. The molecule has 0 aliphatic carbocycles. The molecule has 0 aromatic heterocycles. The van der Waals surface area contributed by atoms with E-state index in [1.807, 2.05) is 0 Å². The zero-order valence-electron chi connectivity index (χ0n) is 13.1. The van der Waals surface area contributed by atoms with Crippen LogP contribution in [0.1, 0.15) is 32.1 Å². The summed E-state index contributed by atoms with van der Waals surface area (Å²) in [4.78, 5) is 25.6. The smallest absolute Gasteiger partial charge is 0.237 e. The number of hydrogen-bond donors (Lipinski definition) is 3. The van der Waals surface area contributed by atoms with Crippen LogP contribution < -0.4 is 16.0 Å². The Kier molecular flexibility index (Phi) is 10.8. The predicted octanol–water partition coefficient (Wildman–Crippen LogP) is 0.299. The van der Waals surface area contributed by atoms with Gasteiger partial charge in [0, 0.05) is 26.2 Å². The molecule has 2 aliphatic heterocycles. The molecule has 2 amide bonds. The Morgan fingerprint density at radius 1 is 1.14 bits per heavy atom. The van der Waals surface area contributed by atoms with Gasteiger partial charge in [0.15, 0.2) is 0 Å². The second kappa shape index (κ2) is 11.0. The van der Waals surface area contributed by atoms with E-state index < -0.39 is 0 Å². The number of carbonyl (C=O) groups is 2. The van der Waals surface area contributed by atoms with Crippen molar-refractivity contribution in [3.05, 3.63) is 0 Å². The van der Waals surface area contributed by atoms with Gasteiger partial charge in [0.25, 0.3) is 0 Å². The predicted molar refractivity (Wildman–Crippen MR) is 91.8 cm³/mol. The molecule has 3 N–H and O–H groups in total. The zero-order valence-corrected chi connectivity index (χ0v) is 14.7. The lowest BCUT2D eigenvalue weighted by molar-refractivity contribution is -0.125. The minimum Gasteiger partial charge on any atom is -0.358 e. The molecule has 130 valence electrons. The van der Waals surface area contributed by atoms with E-state index in [2.05, 4.69) is 20.9 Å². The number of likely N-dealkylation sites (tertiary alicyclic amines) is 1. The molecule has 22 heavy (non-hydrogen) atoms. The average molecular weight is 355 g/mol. The minimum absolute atomic E-state index is 0. The normalized spacial score (nSPS) is 22.9. The van der Waals surface area contributed by atoms with Crippen LogP contribution in [-0.2, 0) is 9.59 Å². The first-order chi connectivity index (χ1) is 9.69. The van der Waals surface area contributed by atoms with Crippen molar-refractivity contribution in [1.29, 1.82) is 0 Å². The van der Waals surface area contributed by atoms with Crippen LogP contribution in [0.3, 0.4) is 0 Å². The van der Waals surface area contributed by atoms with Crippen molar-refractivity contribution >= 4 is 36.6 Å². The number of rotatable bonds is 4. The third kappa shape index (κ3) is 6.69. The van der Waals surface area contributed by atoms with Gasteiger partial charge in [-0.3, -0.25) is 14.5 Å². The molecular formula is C14H28Cl2N4O2. The molecule has 8 heteroatoms. The van der Waals surface area contributed by atoms with E-state index in [-0.39, 0.29) is 48.7 Å². The van der Waals surface area contributed by atoms with Crippen molar-refractivity contribution in [2.75, 3.05) is 33.2 Å². The minimum atomic E-state index is -0.00681. The molecule has 2 fully saturated rings. The van der Waals surface area contributed by atoms with Crippen molar-refractivity contribution < 1.29 is 9.59 Å². The first-order valence-electron chi connectivity index (χ1n) is 7.65. The fourth-order valence-electron chi connectivity index (χ4n) is 2.89. The Morgan fingerprint density at radius 3 is 2.36 bits per heavy atom. The number of halogens is 2. The Hall–Kier alpha value is -0.560. The van der Waals surface area contributed by atoms with Gasteiger partial charge in [0.2, 0.25) is 11.8 Å². The Bertz CT molecular complexity index is 344. The van der Waals surface area contributed by atoms with Crippen LogP contribution in [0.5, 0.6) is 0 Å². The van der Waals surface area contributed by atoms with E-state index in [9.17, 15) is 9.59 Å². The molecule has 2 saturated heterocycles. The highest BCUT2D eigenvalue weighted by molar-refractivity contribution is 5.85. The van der Waals surface area contributed by atoms with Crippen LogP contribution in [0.2, 0.25) is 0 Å². The molecule has 0 unspecified atom stereocenters. The summed E-state index contributed by atoms with van der Waals surface area (Å²) in [6.07, 6.45) is 5.10. The summed E-state index contributed by atoms with van der Waals surface area (Å²) in [5.41, 5.74) is 0. The summed E-state index contributed by atoms with van der Waals surface area (Å²) >= 11 is 0. The third-order valence-electron chi connectivity index (χ3n) is 4.21. The van der Waals surface area contributed by atoms with Crippen LogP contribution in [0, 0.1) is 0 Å². The second-order valence-corrected chi connectivity index (χ2v) is 5.73. The van der Waals surface area contributed by atoms with Crippen LogP contribution in [0.4, 0.5) is 0 Å². The maximum Gasteiger partial charge on any atom is 0.237 e. The number of carbonyl (C=O) groups excluding carboxylic acids is 2. The van der Waals surface area contributed by atoms with Crippen LogP contribution in [0.25, 0.3) is 0 Å². The molecule has 0 aromatic carbocycles. The Balaban J connectivity index is 0.00000220. The number of nitrogens with zero attached hydrogens (tertiary/aromatic N) is 1. The van der Waals surface area contributed by atoms with Crippen molar-refractivity contribution in [2.24, 2.45) is 0 Å². The zero-order chi connectivity index (χ0) is 14.4. The molecular weight excluding hydrogens is 327 g/mol. The summed E-state index contributed by atoms with van der Waals surface area (Å²) in [6, 6.07) is 0.250. The lowest BCUT2D eigenvalue weighted by Gasteiger charge is -2.33. The molecule has 0 bridgehead atoms. The summed E-state index contributed by atoms with van der Waals surface area (Å²) in [7, 11) is 1.66. The van der Waals surface area contributed by atoms with Crippen LogP contribution >= 0.6 is 24.8 Å². The van der Waals surface area contributed by atoms with E-state index >= 15 is 0 Å². The summed E-state index contributed by atoms with van der Waals surface area (Å²) < 4.78 is 0. The first kappa shape index (κ1) is 21.4. The molecule has 1 atom stereocenters. The average Bonchev–Trinajstić information content (AvgIpc) is 2.50. The largest absolute Gasteiger partial charge is 0.358 e. The summed E-state index contributed by atoms with van der Waals surface area (Å²) in [5.74, 6) is 0.202. The number of piperidine rings is 2. The lowest BCUT2D eigenvalue weighted by Crippen LogP contribution is -2.52. The first-order valence-corrected chi connectivity index (χ1v) is 7.65. The standard InChI is InChI=1S/C14H26N4O2.2ClH/c1-15-13(19)10-18-8-5-11(6-9-18)17-14(20)12-4-2-3-7-16-12;;/h11-12,16H,2-10H2,1H3,(H,15,19)(H,17,20);2*1H/t12-;;/m0../s1. The highest BCUT2D eigenvalue weighted by Crippen LogP contribution is 2.12. The number of amides is 2. The Morgan fingerprint density at radius 2 is 1.82 bits per heavy atom. The molecule has 2 heterocycles. The van der Waals surface area contributed by atoms with Crippen LogP contribution in [0.15, 0.2) is 0 Å². The van der Waals surface area contributed by atoms with Gasteiger partial charge in [0.05, 0.1) is 12.6 Å². The fourth-order valence-corrected chi connectivity index (χ4v) is 2.89. The monoisotopic (exact) mass is 354 g/mol. The van der Waals surface area contributed by atoms with E-state index in [0.29, 0.717) is 6.54 Å². The number of likely N-dealkylation sites (N-methyl/N-ethyl adjacent to an activating group) is 1. The summed E-state index contributed by atoms with van der Waals surface area (Å²) in [6.45, 7) is 3.15.